The first-order valence-electron chi connectivity index (χ1n) is 6.87. The summed E-state index contributed by atoms with van der Waals surface area (Å²) in [4.78, 5) is 25.1. The number of nitrogens with zero attached hydrogens (tertiary/aromatic N) is 1. The summed E-state index contributed by atoms with van der Waals surface area (Å²) in [7, 11) is -3.79. The Morgan fingerprint density at radius 2 is 1.73 bits per heavy atom. The van der Waals surface area contributed by atoms with E-state index in [1.807, 2.05) is 0 Å². The van der Waals surface area contributed by atoms with E-state index in [0.29, 0.717) is 32.0 Å². The Hall–Kier alpha value is -1.93. The Morgan fingerprint density at radius 1 is 1.09 bits per heavy atom. The first kappa shape index (κ1) is 16.4. The highest BCUT2D eigenvalue weighted by atomic mass is 32.2. The zero-order valence-electron chi connectivity index (χ0n) is 12.0. The predicted octanol–water partition coefficient (Wildman–Crippen LogP) is -0.101. The van der Waals surface area contributed by atoms with Crippen LogP contribution in [0, 0.1) is 0 Å². The van der Waals surface area contributed by atoms with Gasteiger partial charge >= 0.3 is 0 Å². The highest BCUT2D eigenvalue weighted by molar-refractivity contribution is 7.92. The molecule has 1 heterocycles. The number of carbonyl (C=O) groups is 2. The number of sulfone groups is 1. The van der Waals surface area contributed by atoms with Crippen LogP contribution in [0.2, 0.25) is 0 Å². The van der Waals surface area contributed by atoms with Crippen molar-refractivity contribution in [3.05, 3.63) is 30.3 Å². The molecule has 1 fully saturated rings. The van der Waals surface area contributed by atoms with Crippen molar-refractivity contribution in [1.82, 2.24) is 4.90 Å². The molecule has 1 saturated heterocycles. The molecule has 0 atom stereocenters. The Labute approximate surface area is 129 Å². The number of hydrogen-bond acceptors (Lipinski definition) is 5. The van der Waals surface area contributed by atoms with Gasteiger partial charge in [-0.1, -0.05) is 18.2 Å². The molecule has 1 aliphatic rings. The molecule has 0 aliphatic carbocycles. The summed E-state index contributed by atoms with van der Waals surface area (Å²) in [5, 5.41) is 2.49. The average Bonchev–Trinajstić information content (AvgIpc) is 2.48. The Morgan fingerprint density at radius 3 is 2.36 bits per heavy atom. The number of hydrogen-bond donors (Lipinski definition) is 1. The van der Waals surface area contributed by atoms with Gasteiger partial charge in [-0.25, -0.2) is 8.42 Å². The van der Waals surface area contributed by atoms with Crippen molar-refractivity contribution in [2.75, 3.05) is 43.1 Å². The number of benzene rings is 1. The first-order chi connectivity index (χ1) is 10.5. The van der Waals surface area contributed by atoms with Crippen LogP contribution in [0.15, 0.2) is 30.3 Å². The highest BCUT2D eigenvalue weighted by Gasteiger charge is 2.25. The van der Waals surface area contributed by atoms with Crippen molar-refractivity contribution in [2.45, 2.75) is 0 Å². The fourth-order valence-electron chi connectivity index (χ4n) is 2.06. The fraction of sp³-hybridized carbons (Fsp3) is 0.429. The molecule has 0 radical (unpaired) electrons. The summed E-state index contributed by atoms with van der Waals surface area (Å²) in [6.07, 6.45) is 0. The quantitative estimate of drug-likeness (QED) is 0.815. The number of ether oxygens (including phenoxy) is 1. The van der Waals surface area contributed by atoms with E-state index in [2.05, 4.69) is 5.32 Å². The molecule has 1 aromatic carbocycles. The molecule has 0 saturated carbocycles. The van der Waals surface area contributed by atoms with E-state index in [1.54, 1.807) is 30.3 Å². The van der Waals surface area contributed by atoms with Crippen LogP contribution < -0.4 is 5.32 Å². The summed E-state index contributed by atoms with van der Waals surface area (Å²) in [5.41, 5.74) is 0.516. The van der Waals surface area contributed by atoms with Crippen LogP contribution in [0.5, 0.6) is 0 Å². The lowest BCUT2D eigenvalue weighted by molar-refractivity contribution is -0.132. The maximum absolute atomic E-state index is 11.9. The van der Waals surface area contributed by atoms with Crippen molar-refractivity contribution in [3.8, 4) is 0 Å². The Balaban J connectivity index is 1.87. The highest BCUT2D eigenvalue weighted by Crippen LogP contribution is 2.06. The lowest BCUT2D eigenvalue weighted by atomic mass is 10.3. The zero-order valence-corrected chi connectivity index (χ0v) is 12.8. The molecule has 2 rings (SSSR count). The van der Waals surface area contributed by atoms with Crippen molar-refractivity contribution < 1.29 is 22.7 Å². The summed E-state index contributed by atoms with van der Waals surface area (Å²) in [5.74, 6) is -2.51. The number of carbonyl (C=O) groups excluding carboxylic acids is 2. The van der Waals surface area contributed by atoms with Gasteiger partial charge in [-0.15, -0.1) is 0 Å². The van der Waals surface area contributed by atoms with Gasteiger partial charge in [0.2, 0.25) is 11.8 Å². The SMILES string of the molecule is O=C(CS(=O)(=O)CC(=O)N1CCOCC1)Nc1ccccc1. The Bertz CT molecular complexity index is 624. The number of anilines is 1. The second-order valence-corrected chi connectivity index (χ2v) is 7.00. The van der Waals surface area contributed by atoms with Crippen LogP contribution >= 0.6 is 0 Å². The molecule has 7 nitrogen and oxygen atoms in total. The fourth-order valence-corrected chi connectivity index (χ4v) is 3.19. The second kappa shape index (κ2) is 7.37. The molecule has 0 unspecified atom stereocenters. The summed E-state index contributed by atoms with van der Waals surface area (Å²) in [6.45, 7) is 1.57. The third-order valence-corrected chi connectivity index (χ3v) is 4.50. The van der Waals surface area contributed by atoms with Gasteiger partial charge in [-0.3, -0.25) is 9.59 Å². The van der Waals surface area contributed by atoms with Gasteiger partial charge < -0.3 is 15.0 Å². The van der Waals surface area contributed by atoms with E-state index in [4.69, 9.17) is 4.74 Å². The van der Waals surface area contributed by atoms with Crippen molar-refractivity contribution in [2.24, 2.45) is 0 Å². The molecule has 22 heavy (non-hydrogen) atoms. The molecule has 0 bridgehead atoms. The van der Waals surface area contributed by atoms with E-state index >= 15 is 0 Å². The molecule has 2 amide bonds. The summed E-state index contributed by atoms with van der Waals surface area (Å²) >= 11 is 0. The van der Waals surface area contributed by atoms with Gasteiger partial charge in [0, 0.05) is 18.8 Å². The van der Waals surface area contributed by atoms with Gasteiger partial charge in [0.1, 0.15) is 11.5 Å². The van der Waals surface area contributed by atoms with Gasteiger partial charge in [0.15, 0.2) is 9.84 Å². The zero-order chi connectivity index (χ0) is 16.0. The first-order valence-corrected chi connectivity index (χ1v) is 8.69. The minimum Gasteiger partial charge on any atom is -0.378 e. The number of nitrogens with one attached hydrogen (secondary N) is 1. The Kier molecular flexibility index (Phi) is 5.51. The maximum Gasteiger partial charge on any atom is 0.239 e. The summed E-state index contributed by atoms with van der Waals surface area (Å²) < 4.78 is 29.0. The molecule has 1 N–H and O–H groups in total. The normalized spacial score (nSPS) is 15.4. The molecular weight excluding hydrogens is 308 g/mol. The van der Waals surface area contributed by atoms with Crippen LogP contribution in [0.3, 0.4) is 0 Å². The van der Waals surface area contributed by atoms with Crippen molar-refractivity contribution >= 4 is 27.3 Å². The lowest BCUT2D eigenvalue weighted by Gasteiger charge is -2.26. The molecule has 0 spiro atoms. The van der Waals surface area contributed by atoms with Crippen LogP contribution in [0.25, 0.3) is 0 Å². The molecule has 1 aliphatic heterocycles. The van der Waals surface area contributed by atoms with Crippen molar-refractivity contribution in [1.29, 1.82) is 0 Å². The van der Waals surface area contributed by atoms with Crippen molar-refractivity contribution in [3.63, 3.8) is 0 Å². The van der Waals surface area contributed by atoms with E-state index < -0.39 is 33.2 Å². The smallest absolute Gasteiger partial charge is 0.239 e. The van der Waals surface area contributed by atoms with Gasteiger partial charge in [0.05, 0.1) is 13.2 Å². The molecule has 120 valence electrons. The number of amides is 2. The third kappa shape index (κ3) is 5.12. The van der Waals surface area contributed by atoms with Crippen LogP contribution in [0.1, 0.15) is 0 Å². The number of morpholine rings is 1. The largest absolute Gasteiger partial charge is 0.378 e. The molecule has 8 heteroatoms. The minimum absolute atomic E-state index is 0.380. The lowest BCUT2D eigenvalue weighted by Crippen LogP contribution is -2.44. The molecular formula is C14H18N2O5S. The van der Waals surface area contributed by atoms with E-state index in [9.17, 15) is 18.0 Å². The second-order valence-electron chi connectivity index (χ2n) is 4.94. The maximum atomic E-state index is 11.9. The summed E-state index contributed by atoms with van der Waals surface area (Å²) in [6, 6.07) is 8.55. The standard InChI is InChI=1S/C14H18N2O5S/c17-13(15-12-4-2-1-3-5-12)10-22(19,20)11-14(18)16-6-8-21-9-7-16/h1-5H,6-11H2,(H,15,17). The monoisotopic (exact) mass is 326 g/mol. The van der Waals surface area contributed by atoms with E-state index in [1.165, 1.54) is 4.90 Å². The number of rotatable bonds is 5. The average molecular weight is 326 g/mol. The van der Waals surface area contributed by atoms with Crippen LogP contribution in [0.4, 0.5) is 5.69 Å². The third-order valence-electron chi connectivity index (χ3n) is 3.12. The van der Waals surface area contributed by atoms with Gasteiger partial charge in [-0.2, -0.15) is 0 Å². The molecule has 0 aromatic heterocycles. The van der Waals surface area contributed by atoms with Gasteiger partial charge in [0.25, 0.3) is 0 Å². The van der Waals surface area contributed by atoms with Crippen LogP contribution in [-0.2, 0) is 24.2 Å². The topological polar surface area (TPSA) is 92.8 Å². The number of para-hydroxylation sites is 1. The molecule has 1 aromatic rings. The van der Waals surface area contributed by atoms with Gasteiger partial charge in [-0.05, 0) is 12.1 Å². The predicted molar refractivity (Wildman–Crippen MR) is 81.1 cm³/mol. The van der Waals surface area contributed by atoms with E-state index in [-0.39, 0.29) is 0 Å². The van der Waals surface area contributed by atoms with E-state index in [0.717, 1.165) is 0 Å². The minimum atomic E-state index is -3.79. The van der Waals surface area contributed by atoms with Crippen LogP contribution in [-0.4, -0.2) is 62.9 Å².